The summed E-state index contributed by atoms with van der Waals surface area (Å²) in [5, 5.41) is 20.4. The van der Waals surface area contributed by atoms with Gasteiger partial charge in [-0.1, -0.05) is 13.8 Å². The van der Waals surface area contributed by atoms with Crippen molar-refractivity contribution in [1.29, 1.82) is 0 Å². The van der Waals surface area contributed by atoms with E-state index in [4.69, 9.17) is 0 Å². The van der Waals surface area contributed by atoms with Crippen molar-refractivity contribution in [2.24, 2.45) is 40.4 Å². The molecule has 4 fully saturated rings. The number of aliphatic hydroxyl groups is 2. The van der Waals surface area contributed by atoms with Crippen LogP contribution in [0.4, 0.5) is 0 Å². The smallest absolute Gasteiger partial charge is 0.139 e. The standard InChI is InChI=1S/C21H34O3/c1-12(22)16-6-7-17-15-5-4-13-10-14(23)8-9-20(13,2)18(15)11-19(24)21(16,17)3/h12-18,22-23H,4-11H2,1-3H3/t12?,13?,14?,15-,16+,17-,18-,20-,21+/m0/s1. The van der Waals surface area contributed by atoms with Crippen LogP contribution in [-0.2, 0) is 4.79 Å². The zero-order valence-corrected chi connectivity index (χ0v) is 15.5. The van der Waals surface area contributed by atoms with Crippen LogP contribution in [0, 0.1) is 40.4 Å². The minimum absolute atomic E-state index is 0.129. The lowest BCUT2D eigenvalue weighted by Gasteiger charge is -2.60. The monoisotopic (exact) mass is 334 g/mol. The van der Waals surface area contributed by atoms with Crippen LogP contribution in [0.25, 0.3) is 0 Å². The topological polar surface area (TPSA) is 57.5 Å². The fourth-order valence-corrected chi connectivity index (χ4v) is 7.75. The molecule has 4 aliphatic rings. The van der Waals surface area contributed by atoms with Gasteiger partial charge in [0.15, 0.2) is 0 Å². The van der Waals surface area contributed by atoms with Crippen molar-refractivity contribution in [2.75, 3.05) is 0 Å². The molecule has 3 unspecified atom stereocenters. The van der Waals surface area contributed by atoms with E-state index < -0.39 is 0 Å². The predicted octanol–water partition coefficient (Wildman–Crippen LogP) is 3.57. The van der Waals surface area contributed by atoms with Gasteiger partial charge < -0.3 is 10.2 Å². The molecular formula is C21H34O3. The van der Waals surface area contributed by atoms with Gasteiger partial charge in [-0.2, -0.15) is 0 Å². The number of fused-ring (bicyclic) bond motifs is 5. The van der Waals surface area contributed by atoms with E-state index in [1.807, 2.05) is 6.92 Å². The zero-order valence-electron chi connectivity index (χ0n) is 15.5. The van der Waals surface area contributed by atoms with Gasteiger partial charge in [0, 0.05) is 11.8 Å². The number of Topliss-reactive ketones (excluding diaryl/α,β-unsaturated/α-hetero) is 1. The second kappa shape index (κ2) is 5.54. The molecule has 0 spiro atoms. The van der Waals surface area contributed by atoms with E-state index in [9.17, 15) is 15.0 Å². The largest absolute Gasteiger partial charge is 0.393 e. The van der Waals surface area contributed by atoms with Gasteiger partial charge >= 0.3 is 0 Å². The average Bonchev–Trinajstić information content (AvgIpc) is 2.88. The minimum atomic E-state index is -0.378. The van der Waals surface area contributed by atoms with E-state index in [1.165, 1.54) is 12.8 Å². The molecule has 4 aliphatic carbocycles. The fourth-order valence-electron chi connectivity index (χ4n) is 7.75. The van der Waals surface area contributed by atoms with E-state index in [2.05, 4.69) is 13.8 Å². The summed E-state index contributed by atoms with van der Waals surface area (Å²) in [7, 11) is 0. The SMILES string of the molecule is CC(O)[C@H]1CC[C@H]2[C@@H]3CCC4CC(O)CC[C@]4(C)[C@H]3CC(=O)[C@]12C. The van der Waals surface area contributed by atoms with Gasteiger partial charge in [0.2, 0.25) is 0 Å². The first-order valence-electron chi connectivity index (χ1n) is 10.2. The van der Waals surface area contributed by atoms with Crippen LogP contribution in [0.2, 0.25) is 0 Å². The van der Waals surface area contributed by atoms with Gasteiger partial charge in [0.05, 0.1) is 12.2 Å². The highest BCUT2D eigenvalue weighted by Crippen LogP contribution is 2.66. The lowest BCUT2D eigenvalue weighted by Crippen LogP contribution is -2.57. The van der Waals surface area contributed by atoms with Gasteiger partial charge in [-0.05, 0) is 86.9 Å². The minimum Gasteiger partial charge on any atom is -0.393 e. The molecule has 0 aliphatic heterocycles. The molecule has 3 heteroatoms. The van der Waals surface area contributed by atoms with E-state index in [0.717, 1.165) is 32.1 Å². The maximum Gasteiger partial charge on any atom is 0.139 e. The summed E-state index contributed by atoms with van der Waals surface area (Å²) in [6.45, 7) is 6.45. The summed E-state index contributed by atoms with van der Waals surface area (Å²) in [4.78, 5) is 13.3. The highest BCUT2D eigenvalue weighted by Gasteiger charge is 2.63. The Bertz CT molecular complexity index is 529. The van der Waals surface area contributed by atoms with Crippen LogP contribution in [0.5, 0.6) is 0 Å². The number of carbonyl (C=O) groups excluding carboxylic acids is 1. The van der Waals surface area contributed by atoms with Gasteiger partial charge in [-0.25, -0.2) is 0 Å². The first-order valence-corrected chi connectivity index (χ1v) is 10.2. The lowest BCUT2D eigenvalue weighted by atomic mass is 9.44. The Balaban J connectivity index is 1.67. The molecule has 0 bridgehead atoms. The van der Waals surface area contributed by atoms with Crippen molar-refractivity contribution in [3.63, 3.8) is 0 Å². The third-order valence-corrected chi connectivity index (χ3v) is 9.15. The first kappa shape index (κ1) is 17.0. The number of carbonyl (C=O) groups is 1. The number of hydrogen-bond donors (Lipinski definition) is 2. The normalized spacial score (nSPS) is 55.5. The second-order valence-electron chi connectivity index (χ2n) is 9.92. The molecule has 0 radical (unpaired) electrons. The molecule has 0 saturated heterocycles. The summed E-state index contributed by atoms with van der Waals surface area (Å²) in [6, 6.07) is 0. The summed E-state index contributed by atoms with van der Waals surface area (Å²) >= 11 is 0. The van der Waals surface area contributed by atoms with Crippen molar-refractivity contribution in [3.05, 3.63) is 0 Å². The molecule has 24 heavy (non-hydrogen) atoms. The van der Waals surface area contributed by atoms with Crippen LogP contribution in [0.15, 0.2) is 0 Å². The highest BCUT2D eigenvalue weighted by atomic mass is 16.3. The van der Waals surface area contributed by atoms with Gasteiger partial charge in [0.25, 0.3) is 0 Å². The summed E-state index contributed by atoms with van der Waals surface area (Å²) in [6.07, 6.45) is 7.68. The fraction of sp³-hybridized carbons (Fsp3) is 0.952. The van der Waals surface area contributed by atoms with Gasteiger partial charge in [-0.15, -0.1) is 0 Å². The van der Waals surface area contributed by atoms with Crippen molar-refractivity contribution in [3.8, 4) is 0 Å². The van der Waals surface area contributed by atoms with Crippen molar-refractivity contribution in [2.45, 2.75) is 84.3 Å². The van der Waals surface area contributed by atoms with Gasteiger partial charge in [-0.3, -0.25) is 4.79 Å². The summed E-state index contributed by atoms with van der Waals surface area (Å²) in [5.41, 5.74) is -0.0607. The van der Waals surface area contributed by atoms with Crippen LogP contribution < -0.4 is 0 Å². The molecule has 0 heterocycles. The second-order valence-corrected chi connectivity index (χ2v) is 9.92. The van der Waals surface area contributed by atoms with Crippen LogP contribution in [0.1, 0.15) is 72.1 Å². The molecule has 0 aromatic carbocycles. The van der Waals surface area contributed by atoms with Crippen molar-refractivity contribution in [1.82, 2.24) is 0 Å². The number of aliphatic hydroxyl groups excluding tert-OH is 2. The molecule has 3 nitrogen and oxygen atoms in total. The molecule has 9 atom stereocenters. The molecule has 2 N–H and O–H groups in total. The lowest BCUT2D eigenvalue weighted by molar-refractivity contribution is -0.162. The Kier molecular flexibility index (Phi) is 3.93. The quantitative estimate of drug-likeness (QED) is 0.771. The number of rotatable bonds is 1. The van der Waals surface area contributed by atoms with Crippen LogP contribution in [0.3, 0.4) is 0 Å². The highest BCUT2D eigenvalue weighted by molar-refractivity contribution is 5.87. The molecule has 0 aromatic heterocycles. The Labute approximate surface area is 146 Å². The summed E-state index contributed by atoms with van der Waals surface area (Å²) < 4.78 is 0. The van der Waals surface area contributed by atoms with Crippen LogP contribution >= 0.6 is 0 Å². The molecule has 0 aromatic rings. The maximum atomic E-state index is 13.3. The number of hydrogen-bond acceptors (Lipinski definition) is 3. The van der Waals surface area contributed by atoms with E-state index in [0.29, 0.717) is 35.9 Å². The Morgan fingerprint density at radius 1 is 1.08 bits per heavy atom. The van der Waals surface area contributed by atoms with E-state index in [1.54, 1.807) is 0 Å². The predicted molar refractivity (Wildman–Crippen MR) is 93.3 cm³/mol. The molecule has 4 saturated carbocycles. The van der Waals surface area contributed by atoms with E-state index in [-0.39, 0.29) is 29.0 Å². The number of ketones is 1. The molecule has 4 rings (SSSR count). The Morgan fingerprint density at radius 2 is 1.83 bits per heavy atom. The molecular weight excluding hydrogens is 300 g/mol. The molecule has 136 valence electrons. The Hall–Kier alpha value is -0.410. The first-order chi connectivity index (χ1) is 11.3. The maximum absolute atomic E-state index is 13.3. The van der Waals surface area contributed by atoms with E-state index >= 15 is 0 Å². The van der Waals surface area contributed by atoms with Gasteiger partial charge in [0.1, 0.15) is 5.78 Å². The van der Waals surface area contributed by atoms with Crippen molar-refractivity contribution >= 4 is 5.78 Å². The third-order valence-electron chi connectivity index (χ3n) is 9.15. The third kappa shape index (κ3) is 2.13. The zero-order chi connectivity index (χ0) is 17.3. The Morgan fingerprint density at radius 3 is 2.54 bits per heavy atom. The average molecular weight is 335 g/mol. The summed E-state index contributed by atoms with van der Waals surface area (Å²) in [5.74, 6) is 2.77. The van der Waals surface area contributed by atoms with Crippen molar-refractivity contribution < 1.29 is 15.0 Å². The molecule has 0 amide bonds. The van der Waals surface area contributed by atoms with Crippen LogP contribution in [-0.4, -0.2) is 28.2 Å².